The van der Waals surface area contributed by atoms with Crippen LogP contribution in [0.5, 0.6) is 0 Å². The molecule has 0 aliphatic carbocycles. The summed E-state index contributed by atoms with van der Waals surface area (Å²) in [5, 5.41) is 17.0. The van der Waals surface area contributed by atoms with Crippen LogP contribution in [0.15, 0.2) is 40.7 Å². The summed E-state index contributed by atoms with van der Waals surface area (Å²) in [6.45, 7) is 0.913. The predicted molar refractivity (Wildman–Crippen MR) is 113 cm³/mol. The van der Waals surface area contributed by atoms with Gasteiger partial charge in [-0.25, -0.2) is 4.98 Å². The van der Waals surface area contributed by atoms with Gasteiger partial charge in [-0.2, -0.15) is 0 Å². The van der Waals surface area contributed by atoms with E-state index in [-0.39, 0.29) is 11.3 Å². The second-order valence-electron chi connectivity index (χ2n) is 5.73. The van der Waals surface area contributed by atoms with Crippen LogP contribution in [-0.4, -0.2) is 42.3 Å². The summed E-state index contributed by atoms with van der Waals surface area (Å²) in [7, 11) is 1.57. The number of non-ortho nitro benzene ring substituents is 1. The number of nitro benzene ring substituents is 1. The highest BCUT2D eigenvalue weighted by Gasteiger charge is 2.17. The van der Waals surface area contributed by atoms with Gasteiger partial charge in [-0.05, 0) is 30.5 Å². The van der Waals surface area contributed by atoms with Gasteiger partial charge in [0.15, 0.2) is 4.34 Å². The van der Waals surface area contributed by atoms with E-state index in [2.05, 4.69) is 15.6 Å². The number of ether oxygens (including phenoxy) is 1. The monoisotopic (exact) mass is 418 g/mol. The first-order valence-corrected chi connectivity index (χ1v) is 10.3. The molecule has 28 heavy (non-hydrogen) atoms. The largest absolute Gasteiger partial charge is 0.383 e. The zero-order valence-corrected chi connectivity index (χ0v) is 16.9. The number of hydrogen-bond acceptors (Lipinski definition) is 8. The molecule has 10 heteroatoms. The van der Waals surface area contributed by atoms with Gasteiger partial charge in [0.2, 0.25) is 0 Å². The lowest BCUT2D eigenvalue weighted by molar-refractivity contribution is -0.384. The number of nitro groups is 1. The minimum absolute atomic E-state index is 0.148. The summed E-state index contributed by atoms with van der Waals surface area (Å²) in [5.74, 6) is -0.433. The van der Waals surface area contributed by atoms with Crippen molar-refractivity contribution in [3.05, 3.63) is 52.1 Å². The molecule has 0 saturated carbocycles. The van der Waals surface area contributed by atoms with Crippen molar-refractivity contribution in [2.24, 2.45) is 0 Å². The van der Waals surface area contributed by atoms with Gasteiger partial charge in [-0.1, -0.05) is 11.8 Å². The molecular weight excluding hydrogens is 400 g/mol. The smallest absolute Gasteiger partial charge is 0.270 e. The van der Waals surface area contributed by atoms with Crippen LogP contribution in [-0.2, 0) is 4.74 Å². The molecule has 0 unspecified atom stereocenters. The second-order valence-corrected chi connectivity index (χ2v) is 7.81. The molecule has 1 amide bonds. The summed E-state index contributed by atoms with van der Waals surface area (Å²) < 4.78 is 6.90. The van der Waals surface area contributed by atoms with E-state index in [1.54, 1.807) is 36.3 Å². The molecule has 1 aromatic heterocycles. The molecular formula is C18H18N4O4S2. The number of fused-ring (bicyclic) bond motifs is 1. The summed E-state index contributed by atoms with van der Waals surface area (Å²) in [6.07, 6.45) is 1.96. The Hall–Kier alpha value is -2.69. The number of methoxy groups -OCH3 is 1. The van der Waals surface area contributed by atoms with Crippen LogP contribution in [0.3, 0.4) is 0 Å². The van der Waals surface area contributed by atoms with Crippen molar-refractivity contribution in [2.75, 3.05) is 37.2 Å². The van der Waals surface area contributed by atoms with E-state index in [9.17, 15) is 14.9 Å². The van der Waals surface area contributed by atoms with E-state index < -0.39 is 10.8 Å². The number of nitrogens with one attached hydrogen (secondary N) is 2. The van der Waals surface area contributed by atoms with E-state index in [1.165, 1.54) is 18.2 Å². The third kappa shape index (κ3) is 4.58. The van der Waals surface area contributed by atoms with Crippen molar-refractivity contribution >= 4 is 56.3 Å². The number of anilines is 2. The molecule has 0 atom stereocenters. The molecule has 0 aliphatic rings. The highest BCUT2D eigenvalue weighted by Crippen LogP contribution is 2.30. The molecule has 0 radical (unpaired) electrons. The fourth-order valence-corrected chi connectivity index (χ4v) is 4.07. The molecule has 0 fully saturated rings. The number of rotatable bonds is 8. The zero-order valence-electron chi connectivity index (χ0n) is 15.2. The third-order valence-corrected chi connectivity index (χ3v) is 5.88. The number of thiazole rings is 1. The number of thioether (sulfide) groups is 1. The third-order valence-electron chi connectivity index (χ3n) is 3.88. The molecule has 0 spiro atoms. The second kappa shape index (κ2) is 9.00. The van der Waals surface area contributed by atoms with Crippen molar-refractivity contribution in [3.8, 4) is 0 Å². The average molecular weight is 419 g/mol. The van der Waals surface area contributed by atoms with Crippen LogP contribution >= 0.6 is 23.1 Å². The maximum atomic E-state index is 12.8. The van der Waals surface area contributed by atoms with Crippen LogP contribution in [0, 0.1) is 10.1 Å². The Labute approximate surface area is 169 Å². The fourth-order valence-electron chi connectivity index (χ4n) is 2.54. The molecule has 2 N–H and O–H groups in total. The van der Waals surface area contributed by atoms with Gasteiger partial charge in [-0.3, -0.25) is 14.9 Å². The standard InChI is InChI=1S/C18H18N4O4S2/c1-26-8-7-19-14-6-4-12(22(24)25)10-13(14)17(23)20-11-3-5-15-16(9-11)28-18(21-15)27-2/h3-6,9-10,19H,7-8H2,1-2H3,(H,20,23). The summed E-state index contributed by atoms with van der Waals surface area (Å²) in [6, 6.07) is 9.60. The topological polar surface area (TPSA) is 106 Å². The molecule has 3 aromatic rings. The molecule has 8 nitrogen and oxygen atoms in total. The van der Waals surface area contributed by atoms with Crippen molar-refractivity contribution < 1.29 is 14.5 Å². The fraction of sp³-hybridized carbons (Fsp3) is 0.222. The molecule has 0 aliphatic heterocycles. The molecule has 1 heterocycles. The summed E-state index contributed by atoms with van der Waals surface area (Å²) in [5.41, 5.74) is 2.01. The Morgan fingerprint density at radius 2 is 2.14 bits per heavy atom. The Morgan fingerprint density at radius 3 is 2.86 bits per heavy atom. The molecule has 146 valence electrons. The number of carbonyl (C=O) groups is 1. The maximum Gasteiger partial charge on any atom is 0.270 e. The Morgan fingerprint density at radius 1 is 1.32 bits per heavy atom. The van der Waals surface area contributed by atoms with E-state index in [4.69, 9.17) is 4.74 Å². The van der Waals surface area contributed by atoms with Crippen LogP contribution in [0.2, 0.25) is 0 Å². The van der Waals surface area contributed by atoms with Gasteiger partial charge in [-0.15, -0.1) is 11.3 Å². The number of aromatic nitrogens is 1. The minimum Gasteiger partial charge on any atom is -0.383 e. The van der Waals surface area contributed by atoms with Crippen LogP contribution in [0.4, 0.5) is 17.1 Å². The van der Waals surface area contributed by atoms with Crippen LogP contribution in [0.25, 0.3) is 10.2 Å². The zero-order chi connectivity index (χ0) is 20.1. The van der Waals surface area contributed by atoms with Crippen LogP contribution < -0.4 is 10.6 Å². The Kier molecular flexibility index (Phi) is 6.45. The van der Waals surface area contributed by atoms with Gasteiger partial charge >= 0.3 is 0 Å². The Balaban J connectivity index is 1.87. The highest BCUT2D eigenvalue weighted by molar-refractivity contribution is 8.00. The Bertz CT molecular complexity index is 1020. The number of nitrogens with zero attached hydrogens (tertiary/aromatic N) is 2. The number of hydrogen-bond donors (Lipinski definition) is 2. The first kappa shape index (κ1) is 20.1. The van der Waals surface area contributed by atoms with E-state index in [1.807, 2.05) is 18.4 Å². The molecule has 0 bridgehead atoms. The molecule has 2 aromatic carbocycles. The van der Waals surface area contributed by atoms with Crippen LogP contribution in [0.1, 0.15) is 10.4 Å². The highest BCUT2D eigenvalue weighted by atomic mass is 32.2. The number of carbonyl (C=O) groups excluding carboxylic acids is 1. The molecule has 0 saturated heterocycles. The van der Waals surface area contributed by atoms with Crippen molar-refractivity contribution in [3.63, 3.8) is 0 Å². The lowest BCUT2D eigenvalue weighted by Gasteiger charge is -2.12. The normalized spacial score (nSPS) is 10.8. The average Bonchev–Trinajstić information content (AvgIpc) is 3.10. The maximum absolute atomic E-state index is 12.8. The van der Waals surface area contributed by atoms with E-state index in [0.29, 0.717) is 24.5 Å². The minimum atomic E-state index is -0.525. The predicted octanol–water partition coefficient (Wildman–Crippen LogP) is 4.24. The van der Waals surface area contributed by atoms with Gasteiger partial charge in [0.1, 0.15) is 0 Å². The SMILES string of the molecule is COCCNc1ccc([N+](=O)[O-])cc1C(=O)Nc1ccc2nc(SC)sc2c1. The lowest BCUT2D eigenvalue weighted by Crippen LogP contribution is -2.16. The number of benzene rings is 2. The van der Waals surface area contributed by atoms with Gasteiger partial charge < -0.3 is 15.4 Å². The molecule has 3 rings (SSSR count). The van der Waals surface area contributed by atoms with Gasteiger partial charge in [0.05, 0.1) is 27.3 Å². The number of amides is 1. The van der Waals surface area contributed by atoms with Crippen molar-refractivity contribution in [2.45, 2.75) is 4.34 Å². The quantitative estimate of drug-likeness (QED) is 0.244. The van der Waals surface area contributed by atoms with Crippen molar-refractivity contribution in [1.29, 1.82) is 0 Å². The lowest BCUT2D eigenvalue weighted by atomic mass is 10.1. The summed E-state index contributed by atoms with van der Waals surface area (Å²) >= 11 is 3.11. The van der Waals surface area contributed by atoms with E-state index in [0.717, 1.165) is 14.6 Å². The van der Waals surface area contributed by atoms with Crippen molar-refractivity contribution in [1.82, 2.24) is 4.98 Å². The van der Waals surface area contributed by atoms with Gasteiger partial charge in [0, 0.05) is 37.2 Å². The van der Waals surface area contributed by atoms with Gasteiger partial charge in [0.25, 0.3) is 11.6 Å². The van der Waals surface area contributed by atoms with E-state index >= 15 is 0 Å². The summed E-state index contributed by atoms with van der Waals surface area (Å²) in [4.78, 5) is 27.9. The first-order valence-electron chi connectivity index (χ1n) is 8.29. The first-order chi connectivity index (χ1) is 13.5.